The van der Waals surface area contributed by atoms with Crippen molar-refractivity contribution in [2.24, 2.45) is 5.92 Å². The molecule has 116 valence electrons. The Morgan fingerprint density at radius 3 is 2.40 bits per heavy atom. The molecule has 0 fully saturated rings. The number of rotatable bonds is 9. The van der Waals surface area contributed by atoms with Crippen LogP contribution < -0.4 is 0 Å². The van der Waals surface area contributed by atoms with Gasteiger partial charge < -0.3 is 8.85 Å². The first-order valence-corrected chi connectivity index (χ1v) is 10.6. The van der Waals surface area contributed by atoms with Gasteiger partial charge in [-0.1, -0.05) is 52.0 Å². The highest BCUT2D eigenvalue weighted by Gasteiger charge is 2.30. The number of unbranched alkanes of at least 4 members (excludes halogenated alkanes) is 1. The van der Waals surface area contributed by atoms with Gasteiger partial charge in [-0.25, -0.2) is 0 Å². The molecule has 2 atom stereocenters. The summed E-state index contributed by atoms with van der Waals surface area (Å²) >= 11 is 0. The van der Waals surface area contributed by atoms with E-state index < -0.39 is 8.56 Å². The second kappa shape index (κ2) is 10.2. The molecular formula is C17H32O2Si. The molecule has 0 amide bonds. The van der Waals surface area contributed by atoms with Gasteiger partial charge in [0, 0.05) is 6.61 Å². The van der Waals surface area contributed by atoms with Crippen molar-refractivity contribution in [2.75, 3.05) is 6.61 Å². The summed E-state index contributed by atoms with van der Waals surface area (Å²) in [5.74, 6) is 6.73. The Kier molecular flexibility index (Phi) is 9.92. The SMILES string of the molecule is C=C(C)C#CC(O[Si](C)(C)OCCCC)C(C)CCC. The third-order valence-corrected chi connectivity index (χ3v) is 4.77. The Bertz CT molecular complexity index is 339. The molecule has 2 nitrogen and oxygen atoms in total. The molecule has 2 unspecified atom stereocenters. The first-order chi connectivity index (χ1) is 9.32. The highest BCUT2D eigenvalue weighted by atomic mass is 28.4. The lowest BCUT2D eigenvalue weighted by atomic mass is 10.00. The molecule has 0 N–H and O–H groups in total. The maximum Gasteiger partial charge on any atom is 0.332 e. The van der Waals surface area contributed by atoms with Crippen LogP contribution in [0.4, 0.5) is 0 Å². The largest absolute Gasteiger partial charge is 0.394 e. The minimum Gasteiger partial charge on any atom is -0.394 e. The average molecular weight is 297 g/mol. The fourth-order valence-corrected chi connectivity index (χ4v) is 3.50. The standard InChI is InChI=1S/C17H32O2Si/c1-8-10-14-18-20(6,7)19-17(13-12-15(3)4)16(5)11-9-2/h16-17H,3,8-11,14H2,1-2,4-7H3. The molecule has 0 aromatic carbocycles. The molecule has 0 rings (SSSR count). The van der Waals surface area contributed by atoms with Crippen molar-refractivity contribution >= 4 is 8.56 Å². The van der Waals surface area contributed by atoms with E-state index in [-0.39, 0.29) is 6.10 Å². The lowest BCUT2D eigenvalue weighted by molar-refractivity contribution is 0.116. The summed E-state index contributed by atoms with van der Waals surface area (Å²) in [4.78, 5) is 0. The third kappa shape index (κ3) is 9.36. The lowest BCUT2D eigenvalue weighted by Gasteiger charge is -2.29. The van der Waals surface area contributed by atoms with Crippen LogP contribution in [0.5, 0.6) is 0 Å². The van der Waals surface area contributed by atoms with Gasteiger partial charge in [0.25, 0.3) is 0 Å². The molecule has 0 aromatic rings. The van der Waals surface area contributed by atoms with Crippen LogP contribution in [0.25, 0.3) is 0 Å². The second-order valence-corrected chi connectivity index (χ2v) is 9.28. The fraction of sp³-hybridized carbons (Fsp3) is 0.765. The van der Waals surface area contributed by atoms with Crippen LogP contribution in [0.2, 0.25) is 13.1 Å². The quantitative estimate of drug-likeness (QED) is 0.342. The van der Waals surface area contributed by atoms with E-state index in [2.05, 4.69) is 52.3 Å². The minimum absolute atomic E-state index is 0.0463. The average Bonchev–Trinajstić information content (AvgIpc) is 2.34. The van der Waals surface area contributed by atoms with Crippen LogP contribution >= 0.6 is 0 Å². The van der Waals surface area contributed by atoms with Crippen molar-refractivity contribution in [3.05, 3.63) is 12.2 Å². The molecule has 0 radical (unpaired) electrons. The molecule has 0 aliphatic heterocycles. The van der Waals surface area contributed by atoms with Crippen molar-refractivity contribution in [3.8, 4) is 11.8 Å². The summed E-state index contributed by atoms with van der Waals surface area (Å²) < 4.78 is 12.2. The minimum atomic E-state index is -2.10. The molecule has 0 aromatic heterocycles. The summed E-state index contributed by atoms with van der Waals surface area (Å²) in [6.07, 6.45) is 4.46. The van der Waals surface area contributed by atoms with Gasteiger partial charge in [-0.3, -0.25) is 0 Å². The van der Waals surface area contributed by atoms with Crippen LogP contribution in [-0.4, -0.2) is 21.3 Å². The summed E-state index contributed by atoms with van der Waals surface area (Å²) in [5.41, 5.74) is 0.883. The van der Waals surface area contributed by atoms with E-state index in [0.29, 0.717) is 5.92 Å². The normalized spacial score (nSPS) is 14.3. The number of hydrogen-bond acceptors (Lipinski definition) is 2. The Hall–Kier alpha value is -0.563. The van der Waals surface area contributed by atoms with E-state index in [1.165, 1.54) is 0 Å². The van der Waals surface area contributed by atoms with E-state index in [9.17, 15) is 0 Å². The van der Waals surface area contributed by atoms with Gasteiger partial charge in [0.1, 0.15) is 6.10 Å². The van der Waals surface area contributed by atoms with Gasteiger partial charge in [-0.15, -0.1) is 0 Å². The molecule has 0 saturated carbocycles. The monoisotopic (exact) mass is 296 g/mol. The Morgan fingerprint density at radius 1 is 1.25 bits per heavy atom. The molecule has 0 aliphatic carbocycles. The van der Waals surface area contributed by atoms with Gasteiger partial charge in [0.05, 0.1) is 0 Å². The van der Waals surface area contributed by atoms with Crippen LogP contribution in [0.3, 0.4) is 0 Å². The second-order valence-electron chi connectivity index (χ2n) is 5.96. The molecule has 20 heavy (non-hydrogen) atoms. The van der Waals surface area contributed by atoms with Gasteiger partial charge in [-0.2, -0.15) is 0 Å². The highest BCUT2D eigenvalue weighted by molar-refractivity contribution is 6.64. The number of allylic oxidation sites excluding steroid dienone is 1. The lowest BCUT2D eigenvalue weighted by Crippen LogP contribution is -2.41. The van der Waals surface area contributed by atoms with Crippen LogP contribution in [-0.2, 0) is 8.85 Å². The third-order valence-electron chi connectivity index (χ3n) is 3.05. The maximum absolute atomic E-state index is 6.25. The zero-order valence-electron chi connectivity index (χ0n) is 14.2. The molecule has 0 aliphatic rings. The zero-order chi connectivity index (χ0) is 15.6. The van der Waals surface area contributed by atoms with Gasteiger partial charge in [-0.05, 0) is 44.4 Å². The van der Waals surface area contributed by atoms with Crippen molar-refractivity contribution < 1.29 is 8.85 Å². The molecular weight excluding hydrogens is 264 g/mol. The van der Waals surface area contributed by atoms with E-state index in [4.69, 9.17) is 8.85 Å². The maximum atomic E-state index is 6.25. The summed E-state index contributed by atoms with van der Waals surface area (Å²) in [6.45, 7) is 17.3. The number of hydrogen-bond donors (Lipinski definition) is 0. The van der Waals surface area contributed by atoms with Crippen molar-refractivity contribution in [1.29, 1.82) is 0 Å². The predicted molar refractivity (Wildman–Crippen MR) is 89.9 cm³/mol. The first kappa shape index (κ1) is 19.4. The van der Waals surface area contributed by atoms with Gasteiger partial charge in [0.15, 0.2) is 0 Å². The highest BCUT2D eigenvalue weighted by Crippen LogP contribution is 2.19. The molecule has 0 saturated heterocycles. The van der Waals surface area contributed by atoms with Gasteiger partial charge in [0.2, 0.25) is 0 Å². The van der Waals surface area contributed by atoms with E-state index >= 15 is 0 Å². The molecule has 0 spiro atoms. The molecule has 3 heteroatoms. The summed E-state index contributed by atoms with van der Waals surface area (Å²) in [6, 6.07) is 0. The van der Waals surface area contributed by atoms with Crippen LogP contribution in [0.1, 0.15) is 53.4 Å². The van der Waals surface area contributed by atoms with Crippen LogP contribution in [0, 0.1) is 17.8 Å². The smallest absolute Gasteiger partial charge is 0.332 e. The van der Waals surface area contributed by atoms with E-state index in [0.717, 1.165) is 37.9 Å². The molecule has 0 heterocycles. The Labute approximate surface area is 127 Å². The van der Waals surface area contributed by atoms with Crippen molar-refractivity contribution in [3.63, 3.8) is 0 Å². The van der Waals surface area contributed by atoms with E-state index in [1.807, 2.05) is 6.92 Å². The summed E-state index contributed by atoms with van der Waals surface area (Å²) in [7, 11) is -2.10. The first-order valence-electron chi connectivity index (χ1n) is 7.81. The fourth-order valence-electron chi connectivity index (χ4n) is 1.89. The Morgan fingerprint density at radius 2 is 1.90 bits per heavy atom. The van der Waals surface area contributed by atoms with Crippen molar-refractivity contribution in [1.82, 2.24) is 0 Å². The Balaban J connectivity index is 4.70. The predicted octanol–water partition coefficient (Wildman–Crippen LogP) is 4.91. The van der Waals surface area contributed by atoms with Crippen molar-refractivity contribution in [2.45, 2.75) is 72.6 Å². The van der Waals surface area contributed by atoms with Gasteiger partial charge >= 0.3 is 8.56 Å². The summed E-state index contributed by atoms with van der Waals surface area (Å²) in [5, 5.41) is 0. The topological polar surface area (TPSA) is 18.5 Å². The van der Waals surface area contributed by atoms with Crippen LogP contribution in [0.15, 0.2) is 12.2 Å². The van der Waals surface area contributed by atoms with E-state index in [1.54, 1.807) is 0 Å². The zero-order valence-corrected chi connectivity index (χ0v) is 15.2. The molecule has 0 bridgehead atoms.